The van der Waals surface area contributed by atoms with E-state index in [2.05, 4.69) is 67.9 Å². The van der Waals surface area contributed by atoms with Crippen molar-refractivity contribution in [2.45, 2.75) is 39.7 Å². The number of hydrogen-bond donors (Lipinski definition) is 0. The van der Waals surface area contributed by atoms with Crippen molar-refractivity contribution in [3.05, 3.63) is 34.3 Å². The normalized spacial score (nSPS) is 13.1. The molecular weight excluding hydrogens is 280 g/mol. The van der Waals surface area contributed by atoms with E-state index in [9.17, 15) is 0 Å². The average molecular weight is 301 g/mol. The summed E-state index contributed by atoms with van der Waals surface area (Å²) in [6.07, 6.45) is 1.03. The molecule has 1 aromatic carbocycles. The largest absolute Gasteiger partial charge is 0.422 e. The van der Waals surface area contributed by atoms with Crippen LogP contribution in [-0.2, 0) is 10.8 Å². The Bertz CT molecular complexity index is 361. The second-order valence-corrected chi connectivity index (χ2v) is 6.73. The van der Waals surface area contributed by atoms with Crippen LogP contribution in [0.4, 0.5) is 0 Å². The van der Waals surface area contributed by atoms with E-state index in [-0.39, 0.29) is 11.0 Å². The third kappa shape index (κ3) is 3.19. The van der Waals surface area contributed by atoms with E-state index < -0.39 is 0 Å². The van der Waals surface area contributed by atoms with E-state index in [1.165, 1.54) is 5.56 Å². The minimum Gasteiger partial charge on any atom is -0.422 e. The lowest BCUT2D eigenvalue weighted by Crippen LogP contribution is -2.42. The molecule has 90 valence electrons. The molecule has 16 heavy (non-hydrogen) atoms. The molecule has 1 rings (SSSR count). The molecule has 0 aliphatic heterocycles. The Morgan fingerprint density at radius 3 is 2.38 bits per heavy atom. The minimum absolute atomic E-state index is 0.0679. The summed E-state index contributed by atoms with van der Waals surface area (Å²) in [4.78, 5) is 0. The molecule has 0 unspecified atom stereocenters. The third-order valence-corrected chi connectivity index (χ3v) is 5.19. The zero-order chi connectivity index (χ0) is 12.4. The molecular formula is C13H21BrOSi. The van der Waals surface area contributed by atoms with Crippen LogP contribution in [0.3, 0.4) is 0 Å². The molecule has 0 bridgehead atoms. The predicted molar refractivity (Wildman–Crippen MR) is 76.7 cm³/mol. The summed E-state index contributed by atoms with van der Waals surface area (Å²) in [5, 5.41) is 0. The van der Waals surface area contributed by atoms with E-state index in [0.717, 1.165) is 21.4 Å². The second-order valence-electron chi connectivity index (χ2n) is 5.41. The number of halogens is 1. The van der Waals surface area contributed by atoms with Gasteiger partial charge in [-0.15, -0.1) is 0 Å². The number of rotatable bonds is 4. The lowest BCUT2D eigenvalue weighted by atomic mass is 9.73. The lowest BCUT2D eigenvalue weighted by molar-refractivity contribution is -0.00393. The van der Waals surface area contributed by atoms with Gasteiger partial charge in [0.2, 0.25) is 0 Å². The summed E-state index contributed by atoms with van der Waals surface area (Å²) in [7, 11) is 0.784. The van der Waals surface area contributed by atoms with Crippen LogP contribution >= 0.6 is 15.9 Å². The molecule has 0 saturated carbocycles. The summed E-state index contributed by atoms with van der Waals surface area (Å²) in [6.45, 7) is 8.90. The molecule has 1 nitrogen and oxygen atoms in total. The molecule has 0 atom stereocenters. The van der Waals surface area contributed by atoms with Gasteiger partial charge in [0.1, 0.15) is 10.5 Å². The first-order valence-electron chi connectivity index (χ1n) is 5.58. The smallest absolute Gasteiger partial charge is 0.146 e. The van der Waals surface area contributed by atoms with Gasteiger partial charge in [-0.2, -0.15) is 0 Å². The molecule has 0 aliphatic carbocycles. The van der Waals surface area contributed by atoms with Gasteiger partial charge in [0.15, 0.2) is 0 Å². The van der Waals surface area contributed by atoms with Crippen molar-refractivity contribution in [2.75, 3.05) is 0 Å². The predicted octanol–water partition coefficient (Wildman–Crippen LogP) is 3.09. The Kier molecular flexibility index (Phi) is 4.38. The number of hydrogen-bond acceptors (Lipinski definition) is 1. The Morgan fingerprint density at radius 1 is 1.25 bits per heavy atom. The molecule has 0 aromatic heterocycles. The van der Waals surface area contributed by atoms with Crippen LogP contribution in [-0.4, -0.2) is 16.1 Å². The van der Waals surface area contributed by atoms with Crippen molar-refractivity contribution >= 4 is 26.4 Å². The zero-order valence-electron chi connectivity index (χ0n) is 10.8. The molecule has 0 radical (unpaired) electrons. The average Bonchev–Trinajstić information content (AvgIpc) is 2.16. The van der Waals surface area contributed by atoms with Gasteiger partial charge in [0.05, 0.1) is 5.60 Å². The van der Waals surface area contributed by atoms with Gasteiger partial charge < -0.3 is 4.43 Å². The zero-order valence-corrected chi connectivity index (χ0v) is 14.4. The topological polar surface area (TPSA) is 9.23 Å². The first kappa shape index (κ1) is 13.9. The Balaban J connectivity index is 2.88. The van der Waals surface area contributed by atoms with Crippen molar-refractivity contribution in [1.29, 1.82) is 0 Å². The van der Waals surface area contributed by atoms with Crippen LogP contribution in [0.25, 0.3) is 0 Å². The van der Waals surface area contributed by atoms with Crippen molar-refractivity contribution in [2.24, 2.45) is 5.41 Å². The van der Waals surface area contributed by atoms with Crippen LogP contribution in [0.5, 0.6) is 0 Å². The summed E-state index contributed by atoms with van der Waals surface area (Å²) in [6, 6.07) is 8.51. The van der Waals surface area contributed by atoms with Crippen molar-refractivity contribution in [3.63, 3.8) is 0 Å². The molecule has 1 aromatic rings. The lowest BCUT2D eigenvalue weighted by Gasteiger charge is -2.41. The van der Waals surface area contributed by atoms with E-state index >= 15 is 0 Å². The van der Waals surface area contributed by atoms with E-state index in [0.29, 0.717) is 0 Å². The number of benzene rings is 1. The highest BCUT2D eigenvalue weighted by molar-refractivity contribution is 9.10. The Labute approximate surface area is 110 Å². The fourth-order valence-electron chi connectivity index (χ4n) is 1.65. The quantitative estimate of drug-likeness (QED) is 0.777. The maximum absolute atomic E-state index is 5.73. The van der Waals surface area contributed by atoms with Crippen LogP contribution < -0.4 is 0 Å². The maximum atomic E-state index is 5.73. The van der Waals surface area contributed by atoms with Gasteiger partial charge in [-0.05, 0) is 43.4 Å². The standard InChI is InChI=1S/C13H21BrOSi/c1-12(2,13(3,4)15-16)9-10-6-5-7-11(14)8-10/h5-8H,9H2,1-4,16H3. The maximum Gasteiger partial charge on any atom is 0.146 e. The molecule has 3 heteroatoms. The molecule has 0 aliphatic rings. The molecule has 0 amide bonds. The van der Waals surface area contributed by atoms with Crippen molar-refractivity contribution < 1.29 is 4.43 Å². The summed E-state index contributed by atoms with van der Waals surface area (Å²) < 4.78 is 6.88. The van der Waals surface area contributed by atoms with Gasteiger partial charge in [0, 0.05) is 4.47 Å². The Morgan fingerprint density at radius 2 is 1.88 bits per heavy atom. The van der Waals surface area contributed by atoms with Crippen LogP contribution in [0.1, 0.15) is 33.3 Å². The van der Waals surface area contributed by atoms with Crippen molar-refractivity contribution in [3.8, 4) is 0 Å². The Hall–Kier alpha value is -0.123. The molecule has 0 saturated heterocycles. The van der Waals surface area contributed by atoms with E-state index in [1.807, 2.05) is 0 Å². The van der Waals surface area contributed by atoms with Crippen LogP contribution in [0.15, 0.2) is 28.7 Å². The summed E-state index contributed by atoms with van der Waals surface area (Å²) >= 11 is 3.51. The highest BCUT2D eigenvalue weighted by Crippen LogP contribution is 2.36. The van der Waals surface area contributed by atoms with Gasteiger partial charge in [0.25, 0.3) is 0 Å². The van der Waals surface area contributed by atoms with Gasteiger partial charge in [-0.25, -0.2) is 0 Å². The van der Waals surface area contributed by atoms with Gasteiger partial charge >= 0.3 is 0 Å². The monoisotopic (exact) mass is 300 g/mol. The molecule has 0 fully saturated rings. The molecule has 0 N–H and O–H groups in total. The highest BCUT2D eigenvalue weighted by Gasteiger charge is 2.36. The SMILES string of the molecule is CC(C)(Cc1cccc(Br)c1)C(C)(C)O[SiH3]. The summed E-state index contributed by atoms with van der Waals surface area (Å²) in [5.41, 5.74) is 1.42. The minimum atomic E-state index is -0.0679. The fourth-order valence-corrected chi connectivity index (χ4v) is 2.65. The second kappa shape index (κ2) is 5.03. The van der Waals surface area contributed by atoms with Crippen LogP contribution in [0.2, 0.25) is 0 Å². The first-order valence-corrected chi connectivity index (χ1v) is 7.19. The molecule has 0 spiro atoms. The summed E-state index contributed by atoms with van der Waals surface area (Å²) in [5.74, 6) is 0. The van der Waals surface area contributed by atoms with E-state index in [1.54, 1.807) is 0 Å². The van der Waals surface area contributed by atoms with Gasteiger partial charge in [-0.1, -0.05) is 41.9 Å². The van der Waals surface area contributed by atoms with Gasteiger partial charge in [-0.3, -0.25) is 0 Å². The highest BCUT2D eigenvalue weighted by atomic mass is 79.9. The van der Waals surface area contributed by atoms with E-state index in [4.69, 9.17) is 4.43 Å². The third-order valence-electron chi connectivity index (χ3n) is 3.68. The fraction of sp³-hybridized carbons (Fsp3) is 0.538. The van der Waals surface area contributed by atoms with Crippen LogP contribution in [0, 0.1) is 5.41 Å². The first-order chi connectivity index (χ1) is 7.28. The molecule has 0 heterocycles. The van der Waals surface area contributed by atoms with Crippen molar-refractivity contribution in [1.82, 2.24) is 0 Å².